The average Bonchev–Trinajstić information content (AvgIpc) is 3.33. The number of nitrogens with zero attached hydrogens (tertiary/aromatic N) is 2. The second-order valence-corrected chi connectivity index (χ2v) is 7.52. The number of carbonyl (C=O) groups is 1. The fourth-order valence-corrected chi connectivity index (χ4v) is 4.51. The van der Waals surface area contributed by atoms with Gasteiger partial charge in [0.05, 0.1) is 16.3 Å². The average molecular weight is 400 g/mol. The van der Waals surface area contributed by atoms with Crippen LogP contribution in [0.1, 0.15) is 29.5 Å². The Morgan fingerprint density at radius 3 is 2.82 bits per heavy atom. The summed E-state index contributed by atoms with van der Waals surface area (Å²) in [6, 6.07) is 14.3. The summed E-state index contributed by atoms with van der Waals surface area (Å²) in [7, 11) is 0. The van der Waals surface area contributed by atoms with Crippen LogP contribution in [0.4, 0.5) is 8.78 Å². The Kier molecular flexibility index (Phi) is 5.34. The molecule has 1 saturated heterocycles. The monoisotopic (exact) mass is 400 g/mol. The molecule has 2 aromatic carbocycles. The van der Waals surface area contributed by atoms with Crippen molar-refractivity contribution in [2.45, 2.75) is 25.5 Å². The third-order valence-electron chi connectivity index (χ3n) is 4.67. The van der Waals surface area contributed by atoms with Crippen LogP contribution in [-0.2, 0) is 4.79 Å². The van der Waals surface area contributed by atoms with Gasteiger partial charge in [0.25, 0.3) is 0 Å². The molecule has 4 rings (SSSR count). The van der Waals surface area contributed by atoms with Crippen LogP contribution in [0.5, 0.6) is 5.75 Å². The highest BCUT2D eigenvalue weighted by molar-refractivity contribution is 7.18. The van der Waals surface area contributed by atoms with Crippen LogP contribution >= 0.6 is 11.3 Å². The highest BCUT2D eigenvalue weighted by Crippen LogP contribution is 2.36. The van der Waals surface area contributed by atoms with Gasteiger partial charge in [-0.2, -0.15) is 8.78 Å². The first-order chi connectivity index (χ1) is 13.6. The molecule has 3 aromatic rings. The molecule has 1 atom stereocenters. The highest BCUT2D eigenvalue weighted by Gasteiger charge is 2.31. The van der Waals surface area contributed by atoms with Gasteiger partial charge in [-0.15, -0.1) is 11.3 Å². The third-order valence-corrected chi connectivity index (χ3v) is 5.81. The Labute approximate surface area is 165 Å². The molecule has 0 unspecified atom stereocenters. The molecule has 1 amide bonds. The maximum atomic E-state index is 12.8. The van der Waals surface area contributed by atoms with E-state index in [2.05, 4.69) is 9.72 Å². The van der Waals surface area contributed by atoms with E-state index < -0.39 is 6.61 Å². The van der Waals surface area contributed by atoms with Crippen molar-refractivity contribution in [2.24, 2.45) is 0 Å². The van der Waals surface area contributed by atoms with Crippen molar-refractivity contribution < 1.29 is 18.3 Å². The second kappa shape index (κ2) is 8.06. The molecule has 1 aliphatic rings. The molecular weight excluding hydrogens is 382 g/mol. The maximum absolute atomic E-state index is 12.8. The van der Waals surface area contributed by atoms with Crippen molar-refractivity contribution in [3.63, 3.8) is 0 Å². The fourth-order valence-electron chi connectivity index (χ4n) is 3.40. The van der Waals surface area contributed by atoms with Crippen LogP contribution in [0.3, 0.4) is 0 Å². The summed E-state index contributed by atoms with van der Waals surface area (Å²) in [6.45, 7) is -2.26. The second-order valence-electron chi connectivity index (χ2n) is 6.46. The van der Waals surface area contributed by atoms with Gasteiger partial charge in [0.2, 0.25) is 5.91 Å². The number of hydrogen-bond donors (Lipinski definition) is 0. The molecule has 0 N–H and O–H groups in total. The van der Waals surface area contributed by atoms with Gasteiger partial charge < -0.3 is 9.64 Å². The smallest absolute Gasteiger partial charge is 0.387 e. The molecule has 1 aliphatic heterocycles. The van der Waals surface area contributed by atoms with Gasteiger partial charge in [0, 0.05) is 18.2 Å². The Balaban J connectivity index is 1.53. The number of aromatic nitrogens is 1. The lowest BCUT2D eigenvalue weighted by Gasteiger charge is -2.21. The summed E-state index contributed by atoms with van der Waals surface area (Å²) in [6.07, 6.45) is 4.71. The molecule has 4 nitrogen and oxygen atoms in total. The van der Waals surface area contributed by atoms with E-state index >= 15 is 0 Å². The van der Waals surface area contributed by atoms with Crippen molar-refractivity contribution in [3.8, 4) is 5.75 Å². The Morgan fingerprint density at radius 2 is 2.00 bits per heavy atom. The number of ether oxygens (including phenoxy) is 1. The Morgan fingerprint density at radius 1 is 1.21 bits per heavy atom. The molecule has 0 saturated carbocycles. The Hall–Kier alpha value is -2.80. The summed E-state index contributed by atoms with van der Waals surface area (Å²) in [5.74, 6) is -0.112. The predicted molar refractivity (Wildman–Crippen MR) is 105 cm³/mol. The molecule has 0 spiro atoms. The van der Waals surface area contributed by atoms with Crippen molar-refractivity contribution in [1.29, 1.82) is 0 Å². The molecule has 1 fully saturated rings. The van der Waals surface area contributed by atoms with E-state index in [1.807, 2.05) is 24.3 Å². The third kappa shape index (κ3) is 3.89. The van der Waals surface area contributed by atoms with Crippen molar-refractivity contribution in [1.82, 2.24) is 9.88 Å². The van der Waals surface area contributed by atoms with Gasteiger partial charge in [-0.25, -0.2) is 4.98 Å². The van der Waals surface area contributed by atoms with E-state index in [0.29, 0.717) is 12.1 Å². The molecule has 0 radical (unpaired) electrons. The summed E-state index contributed by atoms with van der Waals surface area (Å²) in [5.41, 5.74) is 1.38. The molecular formula is C21H18F2N2O2S. The highest BCUT2D eigenvalue weighted by atomic mass is 32.1. The summed E-state index contributed by atoms with van der Waals surface area (Å²) < 4.78 is 30.7. The number of rotatable bonds is 5. The molecule has 2 heterocycles. The van der Waals surface area contributed by atoms with E-state index in [0.717, 1.165) is 28.1 Å². The lowest BCUT2D eigenvalue weighted by Crippen LogP contribution is -2.28. The zero-order valence-corrected chi connectivity index (χ0v) is 15.7. The quantitative estimate of drug-likeness (QED) is 0.548. The zero-order chi connectivity index (χ0) is 19.5. The van der Waals surface area contributed by atoms with Crippen LogP contribution in [0.2, 0.25) is 0 Å². The molecule has 7 heteroatoms. The van der Waals surface area contributed by atoms with Crippen molar-refractivity contribution in [2.75, 3.05) is 6.54 Å². The fraction of sp³-hybridized carbons (Fsp3) is 0.238. The number of benzene rings is 2. The predicted octanol–water partition coefficient (Wildman–Crippen LogP) is 5.27. The minimum atomic E-state index is -2.91. The molecule has 1 aromatic heterocycles. The van der Waals surface area contributed by atoms with Crippen LogP contribution < -0.4 is 4.74 Å². The van der Waals surface area contributed by atoms with E-state index in [9.17, 15) is 13.6 Å². The van der Waals surface area contributed by atoms with Crippen LogP contribution in [0.15, 0.2) is 54.6 Å². The van der Waals surface area contributed by atoms with Gasteiger partial charge >= 0.3 is 6.61 Å². The van der Waals surface area contributed by atoms with Gasteiger partial charge in [-0.05, 0) is 37.1 Å². The van der Waals surface area contributed by atoms with Crippen LogP contribution in [0, 0.1) is 0 Å². The van der Waals surface area contributed by atoms with E-state index in [1.54, 1.807) is 34.4 Å². The molecule has 144 valence electrons. The minimum absolute atomic E-state index is 0.0469. The van der Waals surface area contributed by atoms with Gasteiger partial charge in [0.1, 0.15) is 10.8 Å². The summed E-state index contributed by atoms with van der Waals surface area (Å²) in [5, 5.41) is 0.932. The lowest BCUT2D eigenvalue weighted by atomic mass is 10.2. The zero-order valence-electron chi connectivity index (χ0n) is 14.9. The Bertz CT molecular complexity index is 985. The lowest BCUT2D eigenvalue weighted by molar-refractivity contribution is -0.126. The van der Waals surface area contributed by atoms with E-state index in [1.165, 1.54) is 18.2 Å². The number of thiazole rings is 1. The summed E-state index contributed by atoms with van der Waals surface area (Å²) in [4.78, 5) is 19.3. The minimum Gasteiger partial charge on any atom is -0.434 e. The van der Waals surface area contributed by atoms with Crippen molar-refractivity contribution >= 4 is 33.5 Å². The number of alkyl halides is 2. The number of likely N-dealkylation sites (tertiary alicyclic amines) is 1. The topological polar surface area (TPSA) is 42.4 Å². The SMILES string of the molecule is O=C(/C=C/c1ccccc1OC(F)F)N1CCC[C@@H]1c1nc2ccccc2s1. The number of amides is 1. The number of fused-ring (bicyclic) bond motifs is 1. The number of hydrogen-bond acceptors (Lipinski definition) is 4. The molecule has 0 bridgehead atoms. The van der Waals surface area contributed by atoms with Crippen molar-refractivity contribution in [3.05, 3.63) is 65.2 Å². The van der Waals surface area contributed by atoms with Gasteiger partial charge in [0.15, 0.2) is 0 Å². The van der Waals surface area contributed by atoms with Gasteiger partial charge in [-0.1, -0.05) is 30.3 Å². The molecule has 0 aliphatic carbocycles. The first-order valence-corrected chi connectivity index (χ1v) is 9.81. The number of para-hydroxylation sites is 2. The number of carbonyl (C=O) groups excluding carboxylic acids is 1. The summed E-state index contributed by atoms with van der Waals surface area (Å²) >= 11 is 1.61. The largest absolute Gasteiger partial charge is 0.434 e. The standard InChI is InChI=1S/C21H18F2N2O2S/c22-21(23)27-17-9-3-1-6-14(17)11-12-19(26)25-13-5-8-16(25)20-24-15-7-2-4-10-18(15)28-20/h1-4,6-7,9-12,16,21H,5,8,13H2/b12-11+/t16-/m1/s1. The first kappa shape index (κ1) is 18.6. The van der Waals surface area contributed by atoms with E-state index in [-0.39, 0.29) is 17.7 Å². The molecule has 28 heavy (non-hydrogen) atoms. The van der Waals surface area contributed by atoms with Crippen LogP contribution in [-0.4, -0.2) is 28.9 Å². The van der Waals surface area contributed by atoms with Gasteiger partial charge in [-0.3, -0.25) is 4.79 Å². The van der Waals surface area contributed by atoms with Crippen LogP contribution in [0.25, 0.3) is 16.3 Å². The normalized spacial score (nSPS) is 17.1. The van der Waals surface area contributed by atoms with E-state index in [4.69, 9.17) is 0 Å². The maximum Gasteiger partial charge on any atom is 0.387 e. The number of halogens is 2. The first-order valence-electron chi connectivity index (χ1n) is 9.00.